The maximum atomic E-state index is 11.3. The van der Waals surface area contributed by atoms with Crippen LogP contribution in [0.5, 0.6) is 23.0 Å². The average molecular weight is 248 g/mol. The first-order chi connectivity index (χ1) is 7.32. The molecule has 1 rings (SSSR count). The summed E-state index contributed by atoms with van der Waals surface area (Å²) in [4.78, 5) is -0.579. The van der Waals surface area contributed by atoms with Crippen molar-refractivity contribution in [1.29, 1.82) is 0 Å². The molecule has 6 nitrogen and oxygen atoms in total. The molecule has 0 aromatic heterocycles. The second-order valence-corrected chi connectivity index (χ2v) is 5.03. The van der Waals surface area contributed by atoms with Crippen LogP contribution in [0.2, 0.25) is 0 Å². The number of sulfone groups is 1. The molecule has 0 saturated heterocycles. The van der Waals surface area contributed by atoms with Crippen molar-refractivity contribution in [2.24, 2.45) is 0 Å². The standard InChI is InChI=1S/C9H12O6S/c1-14-6-4-5(10)9(16(3,12)13)7(11)8(6)15-2/h4,10-11H,1-3H3. The van der Waals surface area contributed by atoms with E-state index in [2.05, 4.69) is 0 Å². The molecule has 0 saturated carbocycles. The van der Waals surface area contributed by atoms with Gasteiger partial charge in [-0.15, -0.1) is 0 Å². The van der Waals surface area contributed by atoms with Crippen LogP contribution in [-0.2, 0) is 9.84 Å². The van der Waals surface area contributed by atoms with Crippen molar-refractivity contribution in [1.82, 2.24) is 0 Å². The third-order valence-corrected chi connectivity index (χ3v) is 3.09. The van der Waals surface area contributed by atoms with Gasteiger partial charge in [0.15, 0.2) is 26.2 Å². The lowest BCUT2D eigenvalue weighted by atomic mass is 10.2. The Balaban J connectivity index is 3.67. The van der Waals surface area contributed by atoms with Gasteiger partial charge in [0.05, 0.1) is 14.2 Å². The first kappa shape index (κ1) is 12.4. The van der Waals surface area contributed by atoms with Crippen molar-refractivity contribution in [2.45, 2.75) is 4.90 Å². The highest BCUT2D eigenvalue weighted by molar-refractivity contribution is 7.91. The molecule has 2 N–H and O–H groups in total. The monoisotopic (exact) mass is 248 g/mol. The van der Waals surface area contributed by atoms with E-state index < -0.39 is 26.2 Å². The number of methoxy groups -OCH3 is 2. The van der Waals surface area contributed by atoms with E-state index in [1.54, 1.807) is 0 Å². The van der Waals surface area contributed by atoms with Crippen LogP contribution in [0.1, 0.15) is 0 Å². The fraction of sp³-hybridized carbons (Fsp3) is 0.333. The molecule has 0 bridgehead atoms. The van der Waals surface area contributed by atoms with Crippen molar-refractivity contribution in [3.8, 4) is 23.0 Å². The van der Waals surface area contributed by atoms with Crippen molar-refractivity contribution >= 4 is 9.84 Å². The van der Waals surface area contributed by atoms with Crippen LogP contribution in [0.15, 0.2) is 11.0 Å². The number of ether oxygens (including phenoxy) is 2. The van der Waals surface area contributed by atoms with Crippen LogP contribution in [0.3, 0.4) is 0 Å². The highest BCUT2D eigenvalue weighted by Crippen LogP contribution is 2.45. The minimum absolute atomic E-state index is 0.0462. The van der Waals surface area contributed by atoms with Crippen LogP contribution in [0, 0.1) is 0 Å². The summed E-state index contributed by atoms with van der Waals surface area (Å²) in [5.74, 6) is -1.34. The van der Waals surface area contributed by atoms with Gasteiger partial charge in [-0.2, -0.15) is 0 Å². The van der Waals surface area contributed by atoms with Crippen LogP contribution >= 0.6 is 0 Å². The van der Waals surface area contributed by atoms with E-state index in [1.807, 2.05) is 0 Å². The molecule has 7 heteroatoms. The number of rotatable bonds is 3. The predicted octanol–water partition coefficient (Wildman–Crippen LogP) is 0.518. The average Bonchev–Trinajstić information content (AvgIpc) is 2.14. The quantitative estimate of drug-likeness (QED) is 0.810. The Hall–Kier alpha value is -1.63. The third kappa shape index (κ3) is 1.99. The Labute approximate surface area is 93.0 Å². The van der Waals surface area contributed by atoms with E-state index in [1.165, 1.54) is 14.2 Å². The zero-order valence-corrected chi connectivity index (χ0v) is 9.83. The van der Waals surface area contributed by atoms with E-state index in [0.29, 0.717) is 0 Å². The minimum atomic E-state index is -3.76. The van der Waals surface area contributed by atoms with Gasteiger partial charge in [0.25, 0.3) is 0 Å². The zero-order valence-electron chi connectivity index (χ0n) is 9.01. The SMILES string of the molecule is COc1cc(O)c(S(C)(=O)=O)c(O)c1OC. The first-order valence-electron chi connectivity index (χ1n) is 4.20. The minimum Gasteiger partial charge on any atom is -0.506 e. The van der Waals surface area contributed by atoms with Crippen molar-refractivity contribution in [3.63, 3.8) is 0 Å². The molecule has 1 aromatic carbocycles. The first-order valence-corrected chi connectivity index (χ1v) is 6.09. The second kappa shape index (κ2) is 4.09. The Morgan fingerprint density at radius 2 is 1.75 bits per heavy atom. The van der Waals surface area contributed by atoms with Crippen molar-refractivity contribution in [2.75, 3.05) is 20.5 Å². The summed E-state index contributed by atoms with van der Waals surface area (Å²) in [7, 11) is -1.20. The van der Waals surface area contributed by atoms with Crippen molar-refractivity contribution < 1.29 is 28.1 Å². The van der Waals surface area contributed by atoms with E-state index in [-0.39, 0.29) is 11.5 Å². The molecule has 16 heavy (non-hydrogen) atoms. The largest absolute Gasteiger partial charge is 0.506 e. The van der Waals surface area contributed by atoms with E-state index in [9.17, 15) is 18.6 Å². The normalized spacial score (nSPS) is 11.2. The zero-order chi connectivity index (χ0) is 12.5. The van der Waals surface area contributed by atoms with Gasteiger partial charge in [0, 0.05) is 12.3 Å². The Kier molecular flexibility index (Phi) is 3.18. The van der Waals surface area contributed by atoms with Gasteiger partial charge in [-0.25, -0.2) is 8.42 Å². The van der Waals surface area contributed by atoms with Crippen LogP contribution in [-0.4, -0.2) is 39.1 Å². The maximum Gasteiger partial charge on any atom is 0.204 e. The predicted molar refractivity (Wildman–Crippen MR) is 56.0 cm³/mol. The summed E-state index contributed by atoms with van der Waals surface area (Å²) in [6.07, 6.45) is 0.869. The Morgan fingerprint density at radius 1 is 1.19 bits per heavy atom. The summed E-state index contributed by atoms with van der Waals surface area (Å²) in [6, 6.07) is 1.06. The molecule has 0 aliphatic carbocycles. The van der Waals surface area contributed by atoms with Gasteiger partial charge < -0.3 is 19.7 Å². The topological polar surface area (TPSA) is 93.1 Å². The second-order valence-electron chi connectivity index (χ2n) is 3.08. The van der Waals surface area contributed by atoms with Crippen LogP contribution in [0.25, 0.3) is 0 Å². The smallest absolute Gasteiger partial charge is 0.204 e. The number of phenols is 2. The molecule has 90 valence electrons. The molecule has 0 aliphatic rings. The fourth-order valence-electron chi connectivity index (χ4n) is 1.31. The van der Waals surface area contributed by atoms with Gasteiger partial charge in [0.2, 0.25) is 5.75 Å². The summed E-state index contributed by atoms with van der Waals surface area (Å²) >= 11 is 0. The van der Waals surface area contributed by atoms with E-state index in [0.717, 1.165) is 12.3 Å². The molecule has 0 amide bonds. The Bertz CT molecular complexity index is 505. The lowest BCUT2D eigenvalue weighted by molar-refractivity contribution is 0.322. The molecule has 1 aromatic rings. The molecule has 0 radical (unpaired) electrons. The van der Waals surface area contributed by atoms with E-state index in [4.69, 9.17) is 9.47 Å². The molecule has 0 heterocycles. The lowest BCUT2D eigenvalue weighted by Gasteiger charge is -2.13. The third-order valence-electron chi connectivity index (χ3n) is 1.95. The number of phenolic OH excluding ortho intramolecular Hbond substituents is 2. The highest BCUT2D eigenvalue weighted by Gasteiger charge is 2.25. The molecule has 0 aliphatic heterocycles. The highest BCUT2D eigenvalue weighted by atomic mass is 32.2. The molecule has 0 spiro atoms. The molecular weight excluding hydrogens is 236 g/mol. The van der Waals surface area contributed by atoms with Gasteiger partial charge in [0.1, 0.15) is 5.75 Å². The number of benzene rings is 1. The fourth-order valence-corrected chi connectivity index (χ4v) is 2.19. The molecule has 0 unspecified atom stereocenters. The van der Waals surface area contributed by atoms with Gasteiger partial charge in [-0.1, -0.05) is 0 Å². The molecular formula is C9H12O6S. The summed E-state index contributed by atoms with van der Waals surface area (Å²) < 4.78 is 32.3. The number of hydrogen-bond acceptors (Lipinski definition) is 6. The summed E-state index contributed by atoms with van der Waals surface area (Å²) in [5.41, 5.74) is 0. The number of aromatic hydroxyl groups is 2. The van der Waals surface area contributed by atoms with Crippen LogP contribution < -0.4 is 9.47 Å². The van der Waals surface area contributed by atoms with Crippen molar-refractivity contribution in [3.05, 3.63) is 6.07 Å². The van der Waals surface area contributed by atoms with Gasteiger partial charge in [-0.3, -0.25) is 0 Å². The summed E-state index contributed by atoms with van der Waals surface area (Å²) in [5, 5.41) is 19.2. The van der Waals surface area contributed by atoms with Crippen LogP contribution in [0.4, 0.5) is 0 Å². The lowest BCUT2D eigenvalue weighted by Crippen LogP contribution is -2.01. The van der Waals surface area contributed by atoms with Gasteiger partial charge in [-0.05, 0) is 0 Å². The van der Waals surface area contributed by atoms with Gasteiger partial charge >= 0.3 is 0 Å². The number of hydrogen-bond donors (Lipinski definition) is 2. The molecule has 0 fully saturated rings. The Morgan fingerprint density at radius 3 is 2.12 bits per heavy atom. The molecule has 0 atom stereocenters. The maximum absolute atomic E-state index is 11.3. The summed E-state index contributed by atoms with van der Waals surface area (Å²) in [6.45, 7) is 0. The van der Waals surface area contributed by atoms with E-state index >= 15 is 0 Å².